The number of rotatable bonds is 6. The van der Waals surface area contributed by atoms with Crippen LogP contribution in [0.4, 0.5) is 5.13 Å². The van der Waals surface area contributed by atoms with Gasteiger partial charge in [-0.2, -0.15) is 4.31 Å². The van der Waals surface area contributed by atoms with Crippen molar-refractivity contribution in [2.45, 2.75) is 38.0 Å². The minimum absolute atomic E-state index is 0.207. The van der Waals surface area contributed by atoms with E-state index < -0.39 is 10.0 Å². The first-order chi connectivity index (χ1) is 13.0. The number of nitrogens with one attached hydrogen (secondary N) is 1. The van der Waals surface area contributed by atoms with Crippen molar-refractivity contribution in [3.05, 3.63) is 40.4 Å². The van der Waals surface area contributed by atoms with Crippen molar-refractivity contribution in [3.63, 3.8) is 0 Å². The van der Waals surface area contributed by atoms with E-state index in [-0.39, 0.29) is 11.2 Å². The minimum Gasteiger partial charge on any atom is -0.493 e. The standard InChI is InChI=1S/C18H21N3O4S2/c1-2-25-15-6-4-3-5-13(15)17(22)20-18-19-14-9-10-21(11-16(14)26-18)27(23,24)12-7-8-12/h3-6,12H,2,7-11H2,1H3,(H,19,20,22). The maximum Gasteiger partial charge on any atom is 0.261 e. The van der Waals surface area contributed by atoms with Crippen LogP contribution in [0.15, 0.2) is 24.3 Å². The monoisotopic (exact) mass is 407 g/mol. The first-order valence-corrected chi connectivity index (χ1v) is 11.3. The zero-order valence-corrected chi connectivity index (χ0v) is 16.6. The Morgan fingerprint density at radius 2 is 2.15 bits per heavy atom. The smallest absolute Gasteiger partial charge is 0.261 e. The third-order valence-corrected chi connectivity index (χ3v) is 8.00. The van der Waals surface area contributed by atoms with E-state index in [1.165, 1.54) is 11.3 Å². The zero-order chi connectivity index (χ0) is 19.0. The molecule has 27 heavy (non-hydrogen) atoms. The molecule has 0 unspecified atom stereocenters. The Morgan fingerprint density at radius 3 is 2.89 bits per heavy atom. The number of amides is 1. The summed E-state index contributed by atoms with van der Waals surface area (Å²) in [5.74, 6) is 0.244. The Labute approximate surface area is 162 Å². The van der Waals surface area contributed by atoms with Crippen LogP contribution in [0, 0.1) is 0 Å². The van der Waals surface area contributed by atoms with E-state index >= 15 is 0 Å². The van der Waals surface area contributed by atoms with Gasteiger partial charge in [-0.25, -0.2) is 13.4 Å². The van der Waals surface area contributed by atoms with Gasteiger partial charge in [-0.1, -0.05) is 12.1 Å². The highest BCUT2D eigenvalue weighted by atomic mass is 32.2. The maximum atomic E-state index is 12.6. The molecule has 1 aliphatic heterocycles. The molecule has 1 aliphatic carbocycles. The molecule has 4 rings (SSSR count). The fourth-order valence-electron chi connectivity index (χ4n) is 3.12. The van der Waals surface area contributed by atoms with E-state index in [0.29, 0.717) is 42.6 Å². The fraction of sp³-hybridized carbons (Fsp3) is 0.444. The predicted molar refractivity (Wildman–Crippen MR) is 104 cm³/mol. The molecule has 0 radical (unpaired) electrons. The van der Waals surface area contributed by atoms with Crippen molar-refractivity contribution >= 4 is 32.4 Å². The van der Waals surface area contributed by atoms with Crippen molar-refractivity contribution in [1.29, 1.82) is 0 Å². The third kappa shape index (κ3) is 3.71. The van der Waals surface area contributed by atoms with Crippen LogP contribution in [0.2, 0.25) is 0 Å². The molecule has 1 amide bonds. The van der Waals surface area contributed by atoms with Crippen molar-refractivity contribution in [3.8, 4) is 5.75 Å². The van der Waals surface area contributed by atoms with Crippen LogP contribution in [0.25, 0.3) is 0 Å². The van der Waals surface area contributed by atoms with Gasteiger partial charge in [-0.15, -0.1) is 11.3 Å². The Morgan fingerprint density at radius 1 is 1.37 bits per heavy atom. The molecule has 1 aromatic heterocycles. The minimum atomic E-state index is -3.19. The van der Waals surface area contributed by atoms with Crippen LogP contribution in [0.3, 0.4) is 0 Å². The molecular formula is C18H21N3O4S2. The first-order valence-electron chi connectivity index (χ1n) is 8.99. The number of aromatic nitrogens is 1. The summed E-state index contributed by atoms with van der Waals surface area (Å²) >= 11 is 1.34. The van der Waals surface area contributed by atoms with Gasteiger partial charge in [0.2, 0.25) is 10.0 Å². The summed E-state index contributed by atoms with van der Waals surface area (Å²) in [6, 6.07) is 7.06. The molecule has 2 aromatic rings. The van der Waals surface area contributed by atoms with Crippen molar-refractivity contribution in [2.75, 3.05) is 18.5 Å². The quantitative estimate of drug-likeness (QED) is 0.795. The number of carbonyl (C=O) groups is 1. The van der Waals surface area contributed by atoms with E-state index in [1.807, 2.05) is 13.0 Å². The number of ether oxygens (including phenoxy) is 1. The van der Waals surface area contributed by atoms with E-state index in [0.717, 1.165) is 23.4 Å². The number of carbonyl (C=O) groups excluding carboxylic acids is 1. The summed E-state index contributed by atoms with van der Waals surface area (Å²) in [4.78, 5) is 18.0. The number of nitrogens with zero attached hydrogens (tertiary/aromatic N) is 2. The molecule has 1 N–H and O–H groups in total. The highest BCUT2D eigenvalue weighted by Crippen LogP contribution is 2.35. The van der Waals surface area contributed by atoms with Crippen LogP contribution in [-0.4, -0.2) is 42.0 Å². The first kappa shape index (κ1) is 18.4. The molecule has 7 nitrogen and oxygen atoms in total. The normalized spacial score (nSPS) is 17.4. The van der Waals surface area contributed by atoms with Gasteiger partial charge < -0.3 is 4.74 Å². The number of benzene rings is 1. The van der Waals surface area contributed by atoms with Crippen LogP contribution < -0.4 is 10.1 Å². The Balaban J connectivity index is 1.49. The molecule has 0 spiro atoms. The number of thiazole rings is 1. The summed E-state index contributed by atoms with van der Waals surface area (Å²) in [5, 5.41) is 3.10. The van der Waals surface area contributed by atoms with Gasteiger partial charge in [-0.3, -0.25) is 10.1 Å². The van der Waals surface area contributed by atoms with Crippen molar-refractivity contribution in [1.82, 2.24) is 9.29 Å². The number of para-hydroxylation sites is 1. The zero-order valence-electron chi connectivity index (χ0n) is 15.0. The number of anilines is 1. The van der Waals surface area contributed by atoms with Gasteiger partial charge in [0.05, 0.1) is 23.1 Å². The van der Waals surface area contributed by atoms with E-state index in [1.54, 1.807) is 22.5 Å². The van der Waals surface area contributed by atoms with Crippen molar-refractivity contribution in [2.24, 2.45) is 0 Å². The molecule has 2 aliphatic rings. The van der Waals surface area contributed by atoms with Crippen LogP contribution >= 0.6 is 11.3 Å². The maximum absolute atomic E-state index is 12.6. The molecule has 9 heteroatoms. The molecule has 144 valence electrons. The number of fused-ring (bicyclic) bond motifs is 1. The van der Waals surface area contributed by atoms with E-state index in [9.17, 15) is 13.2 Å². The Kier molecular flexibility index (Phi) is 4.92. The van der Waals surface area contributed by atoms with Crippen LogP contribution in [-0.2, 0) is 23.0 Å². The molecule has 0 bridgehead atoms. The second kappa shape index (κ2) is 7.21. The average molecular weight is 408 g/mol. The molecule has 2 heterocycles. The summed E-state index contributed by atoms with van der Waals surface area (Å²) in [6.45, 7) is 3.14. The predicted octanol–water partition coefficient (Wildman–Crippen LogP) is 2.64. The summed E-state index contributed by atoms with van der Waals surface area (Å²) in [7, 11) is -3.19. The lowest BCUT2D eigenvalue weighted by Crippen LogP contribution is -2.37. The molecule has 1 fully saturated rings. The number of sulfonamides is 1. The number of hydrogen-bond donors (Lipinski definition) is 1. The van der Waals surface area contributed by atoms with Gasteiger partial charge in [0.15, 0.2) is 5.13 Å². The number of hydrogen-bond acceptors (Lipinski definition) is 6. The van der Waals surface area contributed by atoms with Crippen LogP contribution in [0.5, 0.6) is 5.75 Å². The SMILES string of the molecule is CCOc1ccccc1C(=O)Nc1nc2c(s1)CN(S(=O)(=O)C1CC1)CC2. The molecule has 0 atom stereocenters. The lowest BCUT2D eigenvalue weighted by atomic mass is 10.2. The van der Waals surface area contributed by atoms with Crippen LogP contribution in [0.1, 0.15) is 40.7 Å². The van der Waals surface area contributed by atoms with Gasteiger partial charge in [-0.05, 0) is 31.9 Å². The third-order valence-electron chi connectivity index (χ3n) is 4.65. The largest absolute Gasteiger partial charge is 0.493 e. The highest BCUT2D eigenvalue weighted by molar-refractivity contribution is 7.90. The summed E-state index contributed by atoms with van der Waals surface area (Å²) in [5.41, 5.74) is 1.32. The lowest BCUT2D eigenvalue weighted by Gasteiger charge is -2.25. The average Bonchev–Trinajstić information content (AvgIpc) is 3.43. The molecule has 1 aromatic carbocycles. The topological polar surface area (TPSA) is 88.6 Å². The Hall–Kier alpha value is -1.97. The molecular weight excluding hydrogens is 386 g/mol. The Bertz CT molecular complexity index is 967. The summed E-state index contributed by atoms with van der Waals surface area (Å²) < 4.78 is 32.0. The van der Waals surface area contributed by atoms with E-state index in [4.69, 9.17) is 4.74 Å². The summed E-state index contributed by atoms with van der Waals surface area (Å²) in [6.07, 6.45) is 2.09. The molecule has 1 saturated carbocycles. The van der Waals surface area contributed by atoms with Crippen molar-refractivity contribution < 1.29 is 17.9 Å². The van der Waals surface area contributed by atoms with Gasteiger partial charge in [0, 0.05) is 24.4 Å². The highest BCUT2D eigenvalue weighted by Gasteiger charge is 2.41. The van der Waals surface area contributed by atoms with Gasteiger partial charge in [0.25, 0.3) is 5.91 Å². The second-order valence-corrected chi connectivity index (χ2v) is 9.90. The second-order valence-electron chi connectivity index (χ2n) is 6.60. The van der Waals surface area contributed by atoms with Gasteiger partial charge >= 0.3 is 0 Å². The van der Waals surface area contributed by atoms with Gasteiger partial charge in [0.1, 0.15) is 5.75 Å². The fourth-order valence-corrected chi connectivity index (χ4v) is 6.03. The lowest BCUT2D eigenvalue weighted by molar-refractivity contribution is 0.102. The molecule has 0 saturated heterocycles. The van der Waals surface area contributed by atoms with E-state index in [2.05, 4.69) is 10.3 Å².